The minimum absolute atomic E-state index is 0.0726. The molecule has 3 N–H and O–H groups in total. The third-order valence-corrected chi connectivity index (χ3v) is 5.31. The normalized spacial score (nSPS) is 11.3. The van der Waals surface area contributed by atoms with Crippen molar-refractivity contribution in [3.05, 3.63) is 50.7 Å². The number of carbonyl (C=O) groups excluding carboxylic acids is 1. The summed E-state index contributed by atoms with van der Waals surface area (Å²) in [6.07, 6.45) is 6.14. The van der Waals surface area contributed by atoms with Gasteiger partial charge in [-0.3, -0.25) is 19.1 Å². The van der Waals surface area contributed by atoms with Crippen LogP contribution >= 0.6 is 0 Å². The lowest BCUT2D eigenvalue weighted by Crippen LogP contribution is -2.41. The van der Waals surface area contributed by atoms with Crippen molar-refractivity contribution in [2.24, 2.45) is 0 Å². The molecule has 0 aliphatic heterocycles. The molecular weight excluding hydrogens is 462 g/mol. The fourth-order valence-electron chi connectivity index (χ4n) is 3.52. The van der Waals surface area contributed by atoms with E-state index in [2.05, 4.69) is 9.72 Å². The van der Waals surface area contributed by atoms with Gasteiger partial charge in [0.05, 0.1) is 7.11 Å². The highest BCUT2D eigenvalue weighted by Gasteiger charge is 2.23. The summed E-state index contributed by atoms with van der Waals surface area (Å²) in [5.74, 6) is -0.862. The lowest BCUT2D eigenvalue weighted by atomic mass is 10.1. The maximum Gasteiger partial charge on any atom is 0.387 e. The highest BCUT2D eigenvalue weighted by molar-refractivity contribution is 6.05. The summed E-state index contributed by atoms with van der Waals surface area (Å²) in [5.41, 5.74) is 4.83. The minimum atomic E-state index is -3.10. The second-order valence-corrected chi connectivity index (χ2v) is 7.79. The molecule has 0 unspecified atom stereocenters. The van der Waals surface area contributed by atoms with Crippen molar-refractivity contribution in [1.29, 1.82) is 0 Å². The molecule has 2 aromatic rings. The number of unbranched alkanes of at least 4 members (excludes halogenated alkanes) is 3. The van der Waals surface area contributed by atoms with E-state index in [1.165, 1.54) is 34.8 Å². The minimum Gasteiger partial charge on any atom is -0.493 e. The van der Waals surface area contributed by atoms with E-state index in [-0.39, 0.29) is 41.7 Å². The number of carbonyl (C=O) groups is 1. The van der Waals surface area contributed by atoms with Gasteiger partial charge in [0.2, 0.25) is 0 Å². The Balaban J connectivity index is 2.51. The van der Waals surface area contributed by atoms with E-state index in [0.29, 0.717) is 12.8 Å². The van der Waals surface area contributed by atoms with Gasteiger partial charge in [0.25, 0.3) is 11.5 Å². The number of hydrogen-bond donors (Lipinski definition) is 2. The van der Waals surface area contributed by atoms with Gasteiger partial charge in [0.1, 0.15) is 5.82 Å². The molecular formula is C24H32F2N4O5. The fourth-order valence-corrected chi connectivity index (χ4v) is 3.52. The van der Waals surface area contributed by atoms with E-state index in [4.69, 9.17) is 10.5 Å². The van der Waals surface area contributed by atoms with Gasteiger partial charge in [-0.05, 0) is 25.0 Å². The molecule has 0 aliphatic rings. The van der Waals surface area contributed by atoms with Crippen molar-refractivity contribution in [3.63, 3.8) is 0 Å². The number of ether oxygens (including phenoxy) is 2. The molecule has 0 spiro atoms. The number of H-pyrrole nitrogens is 1. The molecule has 11 heteroatoms. The van der Waals surface area contributed by atoms with Crippen molar-refractivity contribution in [3.8, 4) is 11.5 Å². The summed E-state index contributed by atoms with van der Waals surface area (Å²) in [6.45, 7) is 1.31. The van der Waals surface area contributed by atoms with Crippen LogP contribution < -0.4 is 31.4 Å². The monoisotopic (exact) mass is 494 g/mol. The van der Waals surface area contributed by atoms with Crippen LogP contribution in [0.15, 0.2) is 33.9 Å². The van der Waals surface area contributed by atoms with Gasteiger partial charge in [-0.1, -0.05) is 45.2 Å². The average Bonchev–Trinajstić information content (AvgIpc) is 2.81. The summed E-state index contributed by atoms with van der Waals surface area (Å²) in [4.78, 5) is 41.7. The van der Waals surface area contributed by atoms with Gasteiger partial charge < -0.3 is 20.1 Å². The number of nitrogens with zero attached hydrogens (tertiary/aromatic N) is 2. The molecule has 0 aliphatic carbocycles. The van der Waals surface area contributed by atoms with Crippen LogP contribution in [0.2, 0.25) is 0 Å². The molecule has 1 heterocycles. The number of aromatic nitrogens is 2. The van der Waals surface area contributed by atoms with Crippen LogP contribution in [0.25, 0.3) is 6.08 Å². The molecule has 0 saturated carbocycles. The largest absolute Gasteiger partial charge is 0.493 e. The number of para-hydroxylation sites is 1. The van der Waals surface area contributed by atoms with Crippen LogP contribution in [0.5, 0.6) is 11.5 Å². The average molecular weight is 495 g/mol. The number of nitrogens with one attached hydrogen (secondary N) is 1. The molecule has 1 amide bonds. The first-order valence-electron chi connectivity index (χ1n) is 11.5. The van der Waals surface area contributed by atoms with E-state index in [1.54, 1.807) is 6.07 Å². The van der Waals surface area contributed by atoms with Crippen molar-refractivity contribution < 1.29 is 23.0 Å². The molecule has 2 rings (SSSR count). The first kappa shape index (κ1) is 27.6. The number of alkyl halides is 2. The predicted octanol–water partition coefficient (Wildman–Crippen LogP) is 3.77. The van der Waals surface area contributed by atoms with Gasteiger partial charge in [-0.2, -0.15) is 8.78 Å². The van der Waals surface area contributed by atoms with E-state index < -0.39 is 23.8 Å². The Morgan fingerprint density at radius 1 is 1.20 bits per heavy atom. The van der Waals surface area contributed by atoms with Crippen molar-refractivity contribution in [1.82, 2.24) is 9.55 Å². The Labute approximate surface area is 202 Å². The maximum atomic E-state index is 13.2. The first-order valence-corrected chi connectivity index (χ1v) is 11.5. The van der Waals surface area contributed by atoms with Gasteiger partial charge in [-0.15, -0.1) is 0 Å². The van der Waals surface area contributed by atoms with E-state index in [9.17, 15) is 23.2 Å². The zero-order valence-corrected chi connectivity index (χ0v) is 20.2. The highest BCUT2D eigenvalue weighted by atomic mass is 19.3. The van der Waals surface area contributed by atoms with Crippen molar-refractivity contribution >= 4 is 23.5 Å². The van der Waals surface area contributed by atoms with Crippen LogP contribution in [0.3, 0.4) is 0 Å². The summed E-state index contributed by atoms with van der Waals surface area (Å²) >= 11 is 0. The summed E-state index contributed by atoms with van der Waals surface area (Å²) < 4.78 is 36.8. The number of methoxy groups -OCH3 is 1. The van der Waals surface area contributed by atoms with Crippen molar-refractivity contribution in [2.75, 3.05) is 24.3 Å². The maximum absolute atomic E-state index is 13.2. The Bertz CT molecular complexity index is 1140. The quantitative estimate of drug-likeness (QED) is 0.323. The van der Waals surface area contributed by atoms with Crippen LogP contribution in [0.1, 0.15) is 51.5 Å². The molecule has 9 nitrogen and oxygen atoms in total. The number of halogens is 2. The Morgan fingerprint density at radius 3 is 2.54 bits per heavy atom. The smallest absolute Gasteiger partial charge is 0.387 e. The van der Waals surface area contributed by atoms with Gasteiger partial charge in [0.15, 0.2) is 17.2 Å². The Kier molecular flexibility index (Phi) is 10.5. The molecule has 35 heavy (non-hydrogen) atoms. The second kappa shape index (κ2) is 13.3. The third-order valence-electron chi connectivity index (χ3n) is 5.31. The number of rotatable bonds is 13. The van der Waals surface area contributed by atoms with Gasteiger partial charge >= 0.3 is 12.3 Å². The molecule has 192 valence electrons. The van der Waals surface area contributed by atoms with E-state index in [1.807, 2.05) is 13.8 Å². The van der Waals surface area contributed by atoms with Crippen LogP contribution in [0.4, 0.5) is 20.3 Å². The van der Waals surface area contributed by atoms with E-state index >= 15 is 0 Å². The molecule has 0 fully saturated rings. The highest BCUT2D eigenvalue weighted by Crippen LogP contribution is 2.33. The summed E-state index contributed by atoms with van der Waals surface area (Å²) in [6, 6.07) is 4.50. The van der Waals surface area contributed by atoms with Gasteiger partial charge in [-0.25, -0.2) is 4.79 Å². The third kappa shape index (κ3) is 7.17. The fraction of sp³-hybridized carbons (Fsp3) is 0.458. The molecule has 0 saturated heterocycles. The Hall–Kier alpha value is -3.63. The number of benzene rings is 1. The lowest BCUT2D eigenvalue weighted by Gasteiger charge is -2.23. The standard InChI is InChI=1S/C24H32F2N4O5/c1-4-6-8-15-29(19-21(27)30(14-7-5-2)24(33)28-22(19)32)18(31)13-12-16-10-9-11-17(34-3)20(16)35-23(25)26/h9-13,23H,4-8,14-15,27H2,1-3H3,(H,28,32,33)/b13-12+. The van der Waals surface area contributed by atoms with Crippen LogP contribution in [-0.4, -0.2) is 35.7 Å². The number of nitrogen functional groups attached to an aromatic ring is 1. The topological polar surface area (TPSA) is 120 Å². The molecule has 0 radical (unpaired) electrons. The summed E-state index contributed by atoms with van der Waals surface area (Å²) in [5, 5.41) is 0. The molecule has 0 atom stereocenters. The second-order valence-electron chi connectivity index (χ2n) is 7.79. The van der Waals surface area contributed by atoms with Gasteiger partial charge in [0, 0.05) is 24.7 Å². The SMILES string of the molecule is CCCCCN(C(=O)/C=C/c1cccc(OC)c1OC(F)F)c1c(N)n(CCCC)c(=O)[nH]c1=O. The molecule has 0 bridgehead atoms. The molecule has 1 aromatic carbocycles. The van der Waals surface area contributed by atoms with E-state index in [0.717, 1.165) is 25.3 Å². The number of amides is 1. The number of anilines is 2. The number of hydrogen-bond acceptors (Lipinski definition) is 6. The van der Waals surface area contributed by atoms with Crippen LogP contribution in [-0.2, 0) is 11.3 Å². The zero-order valence-electron chi connectivity index (χ0n) is 20.2. The number of nitrogens with two attached hydrogens (primary N) is 1. The number of aromatic amines is 1. The zero-order chi connectivity index (χ0) is 26.0. The summed E-state index contributed by atoms with van der Waals surface area (Å²) in [7, 11) is 1.31. The Morgan fingerprint density at radius 2 is 1.91 bits per heavy atom. The first-order chi connectivity index (χ1) is 16.7. The lowest BCUT2D eigenvalue weighted by molar-refractivity contribution is -0.114. The predicted molar refractivity (Wildman–Crippen MR) is 131 cm³/mol. The van der Waals surface area contributed by atoms with Crippen molar-refractivity contribution in [2.45, 2.75) is 59.1 Å². The molecule has 1 aromatic heterocycles. The van der Waals surface area contributed by atoms with Crippen LogP contribution in [0, 0.1) is 0 Å².